The largest absolute Gasteiger partial charge is 0.396 e. The number of hydrogen-bond acceptors (Lipinski definition) is 3. The van der Waals surface area contributed by atoms with Gasteiger partial charge < -0.3 is 10.6 Å². The third-order valence-electron chi connectivity index (χ3n) is 1.97. The van der Waals surface area contributed by atoms with Crippen LogP contribution in [0.2, 0.25) is 0 Å². The maximum atomic E-state index is 5.82. The van der Waals surface area contributed by atoms with Gasteiger partial charge in [0.1, 0.15) is 0 Å². The van der Waals surface area contributed by atoms with Crippen LogP contribution in [0.25, 0.3) is 0 Å². The molecule has 13 heavy (non-hydrogen) atoms. The Morgan fingerprint density at radius 1 is 1.46 bits per heavy atom. The number of nitrogens with zero attached hydrogens (tertiary/aromatic N) is 2. The summed E-state index contributed by atoms with van der Waals surface area (Å²) in [5.41, 5.74) is 7.57. The van der Waals surface area contributed by atoms with Crippen LogP contribution in [-0.2, 0) is 0 Å². The summed E-state index contributed by atoms with van der Waals surface area (Å²) in [6.07, 6.45) is 1.10. The first-order chi connectivity index (χ1) is 6.15. The van der Waals surface area contributed by atoms with E-state index in [-0.39, 0.29) is 0 Å². The fourth-order valence-corrected chi connectivity index (χ4v) is 1.30. The van der Waals surface area contributed by atoms with Gasteiger partial charge in [0.25, 0.3) is 0 Å². The molecule has 1 aromatic heterocycles. The third-order valence-corrected chi connectivity index (χ3v) is 1.97. The zero-order valence-corrected chi connectivity index (χ0v) is 8.54. The molecule has 1 heterocycles. The van der Waals surface area contributed by atoms with Gasteiger partial charge in [0.15, 0.2) is 5.82 Å². The second-order valence-corrected chi connectivity index (χ2v) is 3.29. The summed E-state index contributed by atoms with van der Waals surface area (Å²) in [6.45, 7) is 5.10. The van der Waals surface area contributed by atoms with Crippen LogP contribution in [0.15, 0.2) is 12.1 Å². The monoisotopic (exact) mass is 179 g/mol. The minimum absolute atomic E-state index is 0.751. The minimum Gasteiger partial charge on any atom is -0.396 e. The summed E-state index contributed by atoms with van der Waals surface area (Å²) < 4.78 is 0. The Morgan fingerprint density at radius 3 is 2.77 bits per heavy atom. The van der Waals surface area contributed by atoms with Crippen molar-refractivity contribution in [2.45, 2.75) is 20.3 Å². The van der Waals surface area contributed by atoms with Crippen molar-refractivity contribution < 1.29 is 0 Å². The molecule has 1 aromatic rings. The molecule has 0 atom stereocenters. The summed E-state index contributed by atoms with van der Waals surface area (Å²) in [4.78, 5) is 6.48. The van der Waals surface area contributed by atoms with Crippen molar-refractivity contribution in [1.82, 2.24) is 4.98 Å². The van der Waals surface area contributed by atoms with Crippen molar-refractivity contribution in [2.75, 3.05) is 24.2 Å². The van der Waals surface area contributed by atoms with E-state index < -0.39 is 0 Å². The lowest BCUT2D eigenvalue weighted by Crippen LogP contribution is -2.20. The van der Waals surface area contributed by atoms with Crippen molar-refractivity contribution in [2.24, 2.45) is 0 Å². The van der Waals surface area contributed by atoms with Crippen LogP contribution >= 0.6 is 0 Å². The predicted molar refractivity (Wildman–Crippen MR) is 56.9 cm³/mol. The molecule has 0 amide bonds. The van der Waals surface area contributed by atoms with Gasteiger partial charge in [-0.3, -0.25) is 0 Å². The fourth-order valence-electron chi connectivity index (χ4n) is 1.30. The van der Waals surface area contributed by atoms with Crippen LogP contribution in [0.5, 0.6) is 0 Å². The molecule has 0 spiro atoms. The van der Waals surface area contributed by atoms with Gasteiger partial charge in [0.2, 0.25) is 0 Å². The van der Waals surface area contributed by atoms with Gasteiger partial charge in [0, 0.05) is 19.3 Å². The Labute approximate surface area is 79.6 Å². The molecule has 0 saturated heterocycles. The van der Waals surface area contributed by atoms with Gasteiger partial charge in [-0.2, -0.15) is 0 Å². The normalized spacial score (nSPS) is 10.1. The summed E-state index contributed by atoms with van der Waals surface area (Å²) in [5.74, 6) is 0.891. The van der Waals surface area contributed by atoms with Crippen molar-refractivity contribution in [3.05, 3.63) is 17.8 Å². The number of hydrogen-bond donors (Lipinski definition) is 1. The molecule has 3 heteroatoms. The van der Waals surface area contributed by atoms with E-state index in [1.807, 2.05) is 26.1 Å². The Kier molecular flexibility index (Phi) is 3.12. The Balaban J connectivity index is 2.91. The average Bonchev–Trinajstić information content (AvgIpc) is 2.09. The van der Waals surface area contributed by atoms with Crippen molar-refractivity contribution in [1.29, 1.82) is 0 Å². The van der Waals surface area contributed by atoms with E-state index in [4.69, 9.17) is 5.73 Å². The van der Waals surface area contributed by atoms with Crippen molar-refractivity contribution in [3.8, 4) is 0 Å². The molecule has 0 aliphatic rings. The zero-order valence-electron chi connectivity index (χ0n) is 8.54. The molecule has 0 saturated carbocycles. The Morgan fingerprint density at radius 2 is 2.15 bits per heavy atom. The average molecular weight is 179 g/mol. The molecule has 0 fully saturated rings. The predicted octanol–water partition coefficient (Wildman–Crippen LogP) is 1.82. The van der Waals surface area contributed by atoms with Crippen LogP contribution in [0, 0.1) is 6.92 Å². The first-order valence-electron chi connectivity index (χ1n) is 4.59. The maximum absolute atomic E-state index is 5.82. The van der Waals surface area contributed by atoms with E-state index >= 15 is 0 Å². The standard InChI is InChI=1S/C10H17N3/c1-4-7-13(3)10-9(11)6-5-8(2)12-10/h5-6H,4,7,11H2,1-3H3. The van der Waals surface area contributed by atoms with Gasteiger partial charge >= 0.3 is 0 Å². The van der Waals surface area contributed by atoms with Gasteiger partial charge in [-0.1, -0.05) is 6.92 Å². The summed E-state index contributed by atoms with van der Waals surface area (Å²) in [7, 11) is 2.02. The van der Waals surface area contributed by atoms with Crippen LogP contribution in [0.1, 0.15) is 19.0 Å². The summed E-state index contributed by atoms with van der Waals surface area (Å²) in [5, 5.41) is 0. The molecule has 0 aromatic carbocycles. The third kappa shape index (κ3) is 2.34. The highest BCUT2D eigenvalue weighted by Crippen LogP contribution is 2.19. The highest BCUT2D eigenvalue weighted by molar-refractivity contribution is 5.62. The van der Waals surface area contributed by atoms with Gasteiger partial charge in [-0.15, -0.1) is 0 Å². The number of nitrogens with two attached hydrogens (primary N) is 1. The first-order valence-corrected chi connectivity index (χ1v) is 4.59. The number of aryl methyl sites for hydroxylation is 1. The number of pyridine rings is 1. The number of aromatic nitrogens is 1. The second kappa shape index (κ2) is 4.12. The van der Waals surface area contributed by atoms with E-state index in [0.717, 1.165) is 30.2 Å². The Hall–Kier alpha value is -1.25. The highest BCUT2D eigenvalue weighted by Gasteiger charge is 2.05. The lowest BCUT2D eigenvalue weighted by Gasteiger charge is -2.19. The Bertz CT molecular complexity index is 283. The molecule has 3 nitrogen and oxygen atoms in total. The van der Waals surface area contributed by atoms with Crippen LogP contribution in [0.4, 0.5) is 11.5 Å². The molecule has 0 bridgehead atoms. The highest BCUT2D eigenvalue weighted by atomic mass is 15.2. The molecular weight excluding hydrogens is 162 g/mol. The quantitative estimate of drug-likeness (QED) is 0.769. The molecule has 0 aliphatic carbocycles. The number of anilines is 2. The van der Waals surface area contributed by atoms with Crippen molar-refractivity contribution in [3.63, 3.8) is 0 Å². The molecular formula is C10H17N3. The topological polar surface area (TPSA) is 42.2 Å². The number of rotatable bonds is 3. The van der Waals surface area contributed by atoms with E-state index in [0.29, 0.717) is 0 Å². The van der Waals surface area contributed by atoms with Crippen LogP contribution in [0.3, 0.4) is 0 Å². The van der Waals surface area contributed by atoms with Crippen molar-refractivity contribution >= 4 is 11.5 Å². The maximum Gasteiger partial charge on any atom is 0.151 e. The van der Waals surface area contributed by atoms with E-state index in [1.54, 1.807) is 0 Å². The zero-order chi connectivity index (χ0) is 9.84. The molecule has 0 unspecified atom stereocenters. The fraction of sp³-hybridized carbons (Fsp3) is 0.500. The molecule has 0 radical (unpaired) electrons. The first kappa shape index (κ1) is 9.84. The molecule has 1 rings (SSSR count). The van der Waals surface area contributed by atoms with Gasteiger partial charge in [-0.25, -0.2) is 4.98 Å². The lowest BCUT2D eigenvalue weighted by atomic mass is 10.3. The van der Waals surface area contributed by atoms with Gasteiger partial charge in [0.05, 0.1) is 5.69 Å². The smallest absolute Gasteiger partial charge is 0.151 e. The SMILES string of the molecule is CCCN(C)c1nc(C)ccc1N. The van der Waals surface area contributed by atoms with E-state index in [9.17, 15) is 0 Å². The summed E-state index contributed by atoms with van der Waals surface area (Å²) >= 11 is 0. The van der Waals surface area contributed by atoms with E-state index in [2.05, 4.69) is 16.8 Å². The molecule has 72 valence electrons. The van der Waals surface area contributed by atoms with E-state index in [1.165, 1.54) is 0 Å². The molecule has 2 N–H and O–H groups in total. The number of nitrogen functional groups attached to an aromatic ring is 1. The molecule has 0 aliphatic heterocycles. The van der Waals surface area contributed by atoms with Crippen LogP contribution < -0.4 is 10.6 Å². The lowest BCUT2D eigenvalue weighted by molar-refractivity contribution is 0.836. The van der Waals surface area contributed by atoms with Crippen LogP contribution in [-0.4, -0.2) is 18.6 Å². The second-order valence-electron chi connectivity index (χ2n) is 3.29. The van der Waals surface area contributed by atoms with Gasteiger partial charge in [-0.05, 0) is 25.5 Å². The summed E-state index contributed by atoms with van der Waals surface area (Å²) in [6, 6.07) is 3.84. The minimum atomic E-state index is 0.751.